The van der Waals surface area contributed by atoms with Gasteiger partial charge < -0.3 is 10.3 Å². The van der Waals surface area contributed by atoms with Crippen molar-refractivity contribution in [1.82, 2.24) is 20.5 Å². The number of nitrogens with one attached hydrogen (secondary N) is 3. The predicted molar refractivity (Wildman–Crippen MR) is 63.1 cm³/mol. The van der Waals surface area contributed by atoms with Gasteiger partial charge in [-0.1, -0.05) is 0 Å². The van der Waals surface area contributed by atoms with Gasteiger partial charge >= 0.3 is 0 Å². The van der Waals surface area contributed by atoms with Crippen molar-refractivity contribution in [1.29, 1.82) is 0 Å². The summed E-state index contributed by atoms with van der Waals surface area (Å²) in [6, 6.07) is 2.51. The zero-order valence-corrected chi connectivity index (χ0v) is 9.38. The summed E-state index contributed by atoms with van der Waals surface area (Å²) in [4.78, 5) is 3.10. The summed E-state index contributed by atoms with van der Waals surface area (Å²) in [6.07, 6.45) is 6.40. The second-order valence-corrected chi connectivity index (χ2v) is 4.36. The maximum absolute atomic E-state index is 4.45. The van der Waals surface area contributed by atoms with E-state index in [1.165, 1.54) is 24.0 Å². The predicted octanol–water partition coefficient (Wildman–Crippen LogP) is 2.14. The van der Waals surface area contributed by atoms with Gasteiger partial charge in [-0.3, -0.25) is 5.10 Å². The molecule has 0 saturated carbocycles. The third kappa shape index (κ3) is 1.46. The highest BCUT2D eigenvalue weighted by Gasteiger charge is 2.23. The molecule has 0 aliphatic carbocycles. The summed E-state index contributed by atoms with van der Waals surface area (Å²) < 4.78 is 0. The van der Waals surface area contributed by atoms with Gasteiger partial charge in [0.2, 0.25) is 0 Å². The number of H-pyrrole nitrogens is 2. The molecule has 0 aromatic carbocycles. The number of hydrogen-bond donors (Lipinski definition) is 3. The lowest BCUT2D eigenvalue weighted by Gasteiger charge is -2.09. The molecule has 1 aliphatic heterocycles. The van der Waals surface area contributed by atoms with Crippen molar-refractivity contribution in [2.24, 2.45) is 0 Å². The standard InChI is InChI=1S/C12H16N4/c1-8-11(9-4-6-13-7-9)12(16-15-8)10-3-2-5-14-10/h4,6-7,10,13-14H,2-3,5H2,1H3,(H,15,16). The SMILES string of the molecule is Cc1[nH]nc(C2CCCN2)c1-c1cc[nH]c1. The van der Waals surface area contributed by atoms with Crippen LogP contribution >= 0.6 is 0 Å². The average Bonchev–Trinajstić information content (AvgIpc) is 2.96. The van der Waals surface area contributed by atoms with Crippen LogP contribution in [0.15, 0.2) is 18.5 Å². The molecule has 1 atom stereocenters. The molecule has 0 radical (unpaired) electrons. The topological polar surface area (TPSA) is 56.5 Å². The lowest BCUT2D eigenvalue weighted by atomic mass is 10.0. The Balaban J connectivity index is 2.05. The van der Waals surface area contributed by atoms with Crippen molar-refractivity contribution in [2.75, 3.05) is 6.54 Å². The van der Waals surface area contributed by atoms with Gasteiger partial charge in [-0.25, -0.2) is 0 Å². The monoisotopic (exact) mass is 216 g/mol. The van der Waals surface area contributed by atoms with Crippen molar-refractivity contribution in [3.8, 4) is 11.1 Å². The van der Waals surface area contributed by atoms with Gasteiger partial charge in [0.25, 0.3) is 0 Å². The van der Waals surface area contributed by atoms with Gasteiger partial charge in [-0.2, -0.15) is 5.10 Å². The molecule has 4 heteroatoms. The second kappa shape index (κ2) is 3.79. The molecule has 1 fully saturated rings. The highest BCUT2D eigenvalue weighted by Crippen LogP contribution is 2.32. The van der Waals surface area contributed by atoms with Crippen LogP contribution in [0.5, 0.6) is 0 Å². The number of aryl methyl sites for hydroxylation is 1. The van der Waals surface area contributed by atoms with E-state index in [0.29, 0.717) is 6.04 Å². The molecular formula is C12H16N4. The fraction of sp³-hybridized carbons (Fsp3) is 0.417. The third-order valence-electron chi connectivity index (χ3n) is 3.25. The number of nitrogens with zero attached hydrogens (tertiary/aromatic N) is 1. The van der Waals surface area contributed by atoms with Crippen LogP contribution in [0.2, 0.25) is 0 Å². The van der Waals surface area contributed by atoms with Gasteiger partial charge in [-0.15, -0.1) is 0 Å². The minimum atomic E-state index is 0.412. The van der Waals surface area contributed by atoms with E-state index in [2.05, 4.69) is 33.5 Å². The van der Waals surface area contributed by atoms with E-state index >= 15 is 0 Å². The first kappa shape index (κ1) is 9.66. The van der Waals surface area contributed by atoms with Crippen molar-refractivity contribution < 1.29 is 0 Å². The quantitative estimate of drug-likeness (QED) is 0.720. The molecule has 3 rings (SSSR count). The van der Waals surface area contributed by atoms with E-state index in [-0.39, 0.29) is 0 Å². The van der Waals surface area contributed by atoms with E-state index in [1.54, 1.807) is 0 Å². The molecule has 2 aromatic heterocycles. The van der Waals surface area contributed by atoms with Crippen LogP contribution < -0.4 is 5.32 Å². The minimum Gasteiger partial charge on any atom is -0.367 e. The maximum atomic E-state index is 4.45. The molecule has 3 heterocycles. The Labute approximate surface area is 94.5 Å². The first-order chi connectivity index (χ1) is 7.86. The van der Waals surface area contributed by atoms with Crippen molar-refractivity contribution in [3.05, 3.63) is 29.8 Å². The van der Waals surface area contributed by atoms with Gasteiger partial charge in [0, 0.05) is 29.2 Å². The molecule has 2 aromatic rings. The highest BCUT2D eigenvalue weighted by molar-refractivity contribution is 5.68. The van der Waals surface area contributed by atoms with E-state index in [4.69, 9.17) is 0 Å². The Morgan fingerprint density at radius 2 is 2.38 bits per heavy atom. The summed E-state index contributed by atoms with van der Waals surface area (Å²) in [5.41, 5.74) is 4.77. The third-order valence-corrected chi connectivity index (χ3v) is 3.25. The van der Waals surface area contributed by atoms with Crippen LogP contribution in [0.25, 0.3) is 11.1 Å². The van der Waals surface area contributed by atoms with E-state index in [1.807, 2.05) is 12.4 Å². The van der Waals surface area contributed by atoms with Crippen LogP contribution in [0, 0.1) is 6.92 Å². The van der Waals surface area contributed by atoms with Crippen molar-refractivity contribution >= 4 is 0 Å². The van der Waals surface area contributed by atoms with Gasteiger partial charge in [-0.05, 0) is 32.4 Å². The fourth-order valence-corrected chi connectivity index (χ4v) is 2.46. The molecular weight excluding hydrogens is 200 g/mol. The molecule has 84 valence electrons. The van der Waals surface area contributed by atoms with Crippen LogP contribution in [0.3, 0.4) is 0 Å². The Morgan fingerprint density at radius 1 is 1.44 bits per heavy atom. The lowest BCUT2D eigenvalue weighted by molar-refractivity contribution is 0.626. The van der Waals surface area contributed by atoms with E-state index in [9.17, 15) is 0 Å². The van der Waals surface area contributed by atoms with Gasteiger partial charge in [0.05, 0.1) is 11.7 Å². The van der Waals surface area contributed by atoms with E-state index in [0.717, 1.165) is 17.9 Å². The molecule has 3 N–H and O–H groups in total. The smallest absolute Gasteiger partial charge is 0.0873 e. The van der Waals surface area contributed by atoms with Crippen molar-refractivity contribution in [3.63, 3.8) is 0 Å². The van der Waals surface area contributed by atoms with E-state index < -0.39 is 0 Å². The molecule has 16 heavy (non-hydrogen) atoms. The van der Waals surface area contributed by atoms with Crippen molar-refractivity contribution in [2.45, 2.75) is 25.8 Å². The maximum Gasteiger partial charge on any atom is 0.0873 e. The zero-order chi connectivity index (χ0) is 11.0. The fourth-order valence-electron chi connectivity index (χ4n) is 2.46. The van der Waals surface area contributed by atoms with Gasteiger partial charge in [0.15, 0.2) is 0 Å². The molecule has 1 aliphatic rings. The van der Waals surface area contributed by atoms with Crippen LogP contribution in [-0.4, -0.2) is 21.7 Å². The summed E-state index contributed by atoms with van der Waals surface area (Å²) >= 11 is 0. The summed E-state index contributed by atoms with van der Waals surface area (Å²) in [6.45, 7) is 3.18. The molecule has 1 saturated heterocycles. The number of aromatic amines is 2. The first-order valence-corrected chi connectivity index (χ1v) is 5.77. The largest absolute Gasteiger partial charge is 0.367 e. The lowest BCUT2D eigenvalue weighted by Crippen LogP contribution is -2.14. The molecule has 0 bridgehead atoms. The first-order valence-electron chi connectivity index (χ1n) is 5.77. The minimum absolute atomic E-state index is 0.412. The average molecular weight is 216 g/mol. The Bertz CT molecular complexity index is 463. The van der Waals surface area contributed by atoms with Crippen LogP contribution in [0.1, 0.15) is 30.3 Å². The number of rotatable bonds is 2. The summed E-state index contributed by atoms with van der Waals surface area (Å²) in [5.74, 6) is 0. The molecule has 4 nitrogen and oxygen atoms in total. The zero-order valence-electron chi connectivity index (χ0n) is 9.38. The highest BCUT2D eigenvalue weighted by atomic mass is 15.1. The number of aromatic nitrogens is 3. The number of hydrogen-bond acceptors (Lipinski definition) is 2. The van der Waals surface area contributed by atoms with Crippen LogP contribution in [-0.2, 0) is 0 Å². The Kier molecular flexibility index (Phi) is 2.29. The molecule has 0 spiro atoms. The van der Waals surface area contributed by atoms with Crippen LogP contribution in [0.4, 0.5) is 0 Å². The summed E-state index contributed by atoms with van der Waals surface area (Å²) in [7, 11) is 0. The Morgan fingerprint density at radius 3 is 3.06 bits per heavy atom. The normalized spacial score (nSPS) is 20.4. The summed E-state index contributed by atoms with van der Waals surface area (Å²) in [5, 5.41) is 11.0. The molecule has 1 unspecified atom stereocenters. The Hall–Kier alpha value is -1.55. The molecule has 0 amide bonds. The second-order valence-electron chi connectivity index (χ2n) is 4.36. The van der Waals surface area contributed by atoms with Gasteiger partial charge in [0.1, 0.15) is 0 Å².